The molecule has 0 saturated carbocycles. The molecule has 0 fully saturated rings. The van der Waals surface area contributed by atoms with E-state index in [9.17, 15) is 0 Å². The van der Waals surface area contributed by atoms with E-state index in [-0.39, 0.29) is 6.61 Å². The molecule has 0 spiro atoms. The number of nitrogens with one attached hydrogen (secondary N) is 1. The summed E-state index contributed by atoms with van der Waals surface area (Å²) in [6, 6.07) is 8.43. The number of methoxy groups -OCH3 is 1. The summed E-state index contributed by atoms with van der Waals surface area (Å²) in [4.78, 5) is 0. The molecule has 0 aliphatic rings. The summed E-state index contributed by atoms with van der Waals surface area (Å²) in [7, 11) is 1.67. The van der Waals surface area contributed by atoms with Gasteiger partial charge in [0.15, 0.2) is 0 Å². The van der Waals surface area contributed by atoms with E-state index in [2.05, 4.69) is 24.4 Å². The van der Waals surface area contributed by atoms with Crippen LogP contribution in [0.4, 0.5) is 0 Å². The van der Waals surface area contributed by atoms with Crippen LogP contribution in [-0.2, 0) is 0 Å². The molecule has 3 nitrogen and oxygen atoms in total. The number of rotatable bonds is 7. The maximum absolute atomic E-state index is 8.66. The van der Waals surface area contributed by atoms with Crippen molar-refractivity contribution in [1.29, 1.82) is 0 Å². The number of unbranched alkanes of at least 4 members (excludes halogenated alkanes) is 1. The standard InChI is InChI=1S/C13H21NO2/c1-11(14-9-3-4-10-15)12-5-7-13(16-2)8-6-12/h5-8,11,14-15H,3-4,9-10H2,1-2H3/t11-/m0/s1. The van der Waals surface area contributed by atoms with Crippen molar-refractivity contribution in [3.8, 4) is 5.75 Å². The van der Waals surface area contributed by atoms with Crippen LogP contribution in [0.3, 0.4) is 0 Å². The van der Waals surface area contributed by atoms with Crippen molar-refractivity contribution in [2.24, 2.45) is 0 Å². The first-order valence-corrected chi connectivity index (χ1v) is 5.76. The van der Waals surface area contributed by atoms with Gasteiger partial charge >= 0.3 is 0 Å². The van der Waals surface area contributed by atoms with Crippen molar-refractivity contribution in [3.63, 3.8) is 0 Å². The van der Waals surface area contributed by atoms with Crippen LogP contribution in [0, 0.1) is 0 Å². The third kappa shape index (κ3) is 4.21. The van der Waals surface area contributed by atoms with Crippen molar-refractivity contribution in [3.05, 3.63) is 29.8 Å². The Labute approximate surface area is 97.4 Å². The number of benzene rings is 1. The van der Waals surface area contributed by atoms with Crippen LogP contribution < -0.4 is 10.1 Å². The summed E-state index contributed by atoms with van der Waals surface area (Å²) < 4.78 is 5.11. The first kappa shape index (κ1) is 13.0. The number of aliphatic hydroxyl groups is 1. The van der Waals surface area contributed by atoms with Gasteiger partial charge in [-0.2, -0.15) is 0 Å². The van der Waals surface area contributed by atoms with Gasteiger partial charge in [0.1, 0.15) is 5.75 Å². The highest BCUT2D eigenvalue weighted by Gasteiger charge is 2.03. The Morgan fingerprint density at radius 3 is 2.50 bits per heavy atom. The number of hydrogen-bond acceptors (Lipinski definition) is 3. The summed E-state index contributed by atoms with van der Waals surface area (Å²) in [6.45, 7) is 3.35. The molecule has 0 radical (unpaired) electrons. The minimum absolute atomic E-state index is 0.276. The van der Waals surface area contributed by atoms with E-state index in [0.717, 1.165) is 25.1 Å². The summed E-state index contributed by atoms with van der Waals surface area (Å²) >= 11 is 0. The van der Waals surface area contributed by atoms with E-state index in [1.54, 1.807) is 7.11 Å². The topological polar surface area (TPSA) is 41.5 Å². The van der Waals surface area contributed by atoms with Crippen molar-refractivity contribution in [2.45, 2.75) is 25.8 Å². The second-order valence-electron chi connectivity index (χ2n) is 3.88. The molecule has 16 heavy (non-hydrogen) atoms. The molecule has 3 heteroatoms. The van der Waals surface area contributed by atoms with Gasteiger partial charge in [0, 0.05) is 12.6 Å². The smallest absolute Gasteiger partial charge is 0.118 e. The van der Waals surface area contributed by atoms with E-state index in [4.69, 9.17) is 9.84 Å². The quantitative estimate of drug-likeness (QED) is 0.696. The molecule has 0 aliphatic carbocycles. The second-order valence-corrected chi connectivity index (χ2v) is 3.88. The highest BCUT2D eigenvalue weighted by molar-refractivity contribution is 5.28. The minimum atomic E-state index is 0.276. The Balaban J connectivity index is 2.37. The Morgan fingerprint density at radius 1 is 1.25 bits per heavy atom. The second kappa shape index (κ2) is 7.25. The highest BCUT2D eigenvalue weighted by Crippen LogP contribution is 2.16. The average molecular weight is 223 g/mol. The number of hydrogen-bond donors (Lipinski definition) is 2. The van der Waals surface area contributed by atoms with Gasteiger partial charge in [-0.1, -0.05) is 12.1 Å². The Kier molecular flexibility index (Phi) is 5.90. The van der Waals surface area contributed by atoms with Gasteiger partial charge in [-0.05, 0) is 44.0 Å². The Hall–Kier alpha value is -1.06. The van der Waals surface area contributed by atoms with Crippen molar-refractivity contribution in [2.75, 3.05) is 20.3 Å². The van der Waals surface area contributed by atoms with Crippen LogP contribution in [0.25, 0.3) is 0 Å². The van der Waals surface area contributed by atoms with Crippen molar-refractivity contribution >= 4 is 0 Å². The molecule has 1 aromatic carbocycles. The predicted octanol–water partition coefficient (Wildman–Crippen LogP) is 2.12. The van der Waals surface area contributed by atoms with Crippen LogP contribution in [0.5, 0.6) is 5.75 Å². The van der Waals surface area contributed by atoms with Gasteiger partial charge in [-0.15, -0.1) is 0 Å². The van der Waals surface area contributed by atoms with Gasteiger partial charge in [0.2, 0.25) is 0 Å². The molecule has 0 aliphatic heterocycles. The fourth-order valence-corrected chi connectivity index (χ4v) is 1.57. The van der Waals surface area contributed by atoms with Gasteiger partial charge in [-0.3, -0.25) is 0 Å². The van der Waals surface area contributed by atoms with Crippen LogP contribution in [0.2, 0.25) is 0 Å². The predicted molar refractivity (Wildman–Crippen MR) is 65.7 cm³/mol. The highest BCUT2D eigenvalue weighted by atomic mass is 16.5. The lowest BCUT2D eigenvalue weighted by atomic mass is 10.1. The molecule has 0 amide bonds. The molecule has 0 saturated heterocycles. The maximum Gasteiger partial charge on any atom is 0.118 e. The molecule has 0 unspecified atom stereocenters. The van der Waals surface area contributed by atoms with Crippen LogP contribution in [-0.4, -0.2) is 25.4 Å². The zero-order chi connectivity index (χ0) is 11.8. The molecule has 1 atom stereocenters. The molecule has 2 N–H and O–H groups in total. The molecule has 0 heterocycles. The van der Waals surface area contributed by atoms with E-state index >= 15 is 0 Å². The largest absolute Gasteiger partial charge is 0.497 e. The summed E-state index contributed by atoms with van der Waals surface area (Å²) in [5, 5.41) is 12.1. The van der Waals surface area contributed by atoms with Gasteiger partial charge < -0.3 is 15.2 Å². The fraction of sp³-hybridized carbons (Fsp3) is 0.538. The zero-order valence-electron chi connectivity index (χ0n) is 10.1. The number of aliphatic hydroxyl groups excluding tert-OH is 1. The van der Waals surface area contributed by atoms with Crippen molar-refractivity contribution < 1.29 is 9.84 Å². The summed E-state index contributed by atoms with van der Waals surface area (Å²) in [5.41, 5.74) is 1.25. The molecular formula is C13H21NO2. The zero-order valence-corrected chi connectivity index (χ0v) is 10.1. The maximum atomic E-state index is 8.66. The molecule has 0 bridgehead atoms. The molecule has 1 aromatic rings. The summed E-state index contributed by atoms with van der Waals surface area (Å²) in [6.07, 6.45) is 1.87. The SMILES string of the molecule is COc1ccc([C@H](C)NCCCCO)cc1. The van der Waals surface area contributed by atoms with E-state index in [0.29, 0.717) is 6.04 Å². The van der Waals surface area contributed by atoms with Crippen LogP contribution in [0.1, 0.15) is 31.4 Å². The van der Waals surface area contributed by atoms with Crippen LogP contribution >= 0.6 is 0 Å². The first-order chi connectivity index (χ1) is 7.77. The van der Waals surface area contributed by atoms with E-state index in [1.807, 2.05) is 12.1 Å². The molecule has 1 rings (SSSR count). The minimum Gasteiger partial charge on any atom is -0.497 e. The molecular weight excluding hydrogens is 202 g/mol. The third-order valence-corrected chi connectivity index (χ3v) is 2.65. The van der Waals surface area contributed by atoms with Crippen LogP contribution in [0.15, 0.2) is 24.3 Å². The van der Waals surface area contributed by atoms with Gasteiger partial charge in [-0.25, -0.2) is 0 Å². The average Bonchev–Trinajstić information content (AvgIpc) is 2.34. The third-order valence-electron chi connectivity index (χ3n) is 2.65. The molecule has 90 valence electrons. The molecule has 0 aromatic heterocycles. The lowest BCUT2D eigenvalue weighted by Crippen LogP contribution is -2.19. The van der Waals surface area contributed by atoms with E-state index in [1.165, 1.54) is 5.56 Å². The van der Waals surface area contributed by atoms with Gasteiger partial charge in [0.05, 0.1) is 7.11 Å². The lowest BCUT2D eigenvalue weighted by molar-refractivity contribution is 0.283. The first-order valence-electron chi connectivity index (χ1n) is 5.76. The van der Waals surface area contributed by atoms with Gasteiger partial charge in [0.25, 0.3) is 0 Å². The summed E-state index contributed by atoms with van der Waals surface area (Å²) in [5.74, 6) is 0.885. The monoisotopic (exact) mass is 223 g/mol. The number of ether oxygens (including phenoxy) is 1. The Bertz CT molecular complexity index is 284. The Morgan fingerprint density at radius 2 is 1.94 bits per heavy atom. The van der Waals surface area contributed by atoms with E-state index < -0.39 is 0 Å². The lowest BCUT2D eigenvalue weighted by Gasteiger charge is -2.14. The fourth-order valence-electron chi connectivity index (χ4n) is 1.57. The van der Waals surface area contributed by atoms with Crippen molar-refractivity contribution in [1.82, 2.24) is 5.32 Å². The normalized spacial score (nSPS) is 12.4.